The van der Waals surface area contributed by atoms with Crippen molar-refractivity contribution >= 4 is 27.5 Å². The quantitative estimate of drug-likeness (QED) is 0.382. The third-order valence-electron chi connectivity index (χ3n) is 5.26. The molecule has 0 aliphatic carbocycles. The zero-order chi connectivity index (χ0) is 18.6. The summed E-state index contributed by atoms with van der Waals surface area (Å²) in [5.74, 6) is 0. The number of aromatic nitrogens is 1. The van der Waals surface area contributed by atoms with Crippen LogP contribution in [0.3, 0.4) is 0 Å². The minimum atomic E-state index is 0.920. The minimum Gasteiger partial charge on any atom is -0.372 e. The normalized spacial score (nSPS) is 11.2. The Labute approximate surface area is 161 Å². The molecule has 2 heteroatoms. The van der Waals surface area contributed by atoms with Crippen molar-refractivity contribution in [2.24, 2.45) is 0 Å². The molecule has 0 unspecified atom stereocenters. The first-order chi connectivity index (χ1) is 13.3. The predicted molar refractivity (Wildman–Crippen MR) is 117 cm³/mol. The van der Waals surface area contributed by atoms with Gasteiger partial charge >= 0.3 is 0 Å². The van der Waals surface area contributed by atoms with E-state index < -0.39 is 0 Å². The van der Waals surface area contributed by atoms with Crippen LogP contribution in [0.4, 0.5) is 5.69 Å². The third-order valence-corrected chi connectivity index (χ3v) is 5.26. The highest BCUT2D eigenvalue weighted by Crippen LogP contribution is 2.28. The lowest BCUT2D eigenvalue weighted by atomic mass is 9.96. The summed E-state index contributed by atoms with van der Waals surface area (Å²) in [6, 6.07) is 26.0. The molecule has 0 saturated carbocycles. The summed E-state index contributed by atoms with van der Waals surface area (Å²) in [7, 11) is 0. The average molecular weight is 354 g/mol. The second-order valence-electron chi connectivity index (χ2n) is 7.05. The number of hydrogen-bond acceptors (Lipinski definition) is 2. The van der Waals surface area contributed by atoms with Crippen LogP contribution in [0.5, 0.6) is 0 Å². The summed E-state index contributed by atoms with van der Waals surface area (Å²) in [6.07, 6.45) is 2.09. The molecule has 4 aromatic rings. The lowest BCUT2D eigenvalue weighted by Gasteiger charge is -2.22. The Morgan fingerprint density at radius 3 is 1.89 bits per heavy atom. The Balaban J connectivity index is 1.74. The van der Waals surface area contributed by atoms with Crippen LogP contribution in [-0.4, -0.2) is 18.1 Å². The maximum Gasteiger partial charge on any atom is 0.0712 e. The standard InChI is InChI=1S/C25H26N2/c1-3-17-27(4-2)20-15-13-19(14-16-20)18-23-21-9-5-7-11-24(21)26-25-12-8-6-10-22(23)25/h5-16H,3-4,17-18H2,1-2H3. The summed E-state index contributed by atoms with van der Waals surface area (Å²) in [5.41, 5.74) is 6.16. The monoisotopic (exact) mass is 354 g/mol. The Morgan fingerprint density at radius 1 is 0.741 bits per heavy atom. The molecular weight excluding hydrogens is 328 g/mol. The molecule has 2 nitrogen and oxygen atoms in total. The van der Waals surface area contributed by atoms with E-state index in [9.17, 15) is 0 Å². The molecule has 4 rings (SSSR count). The molecule has 136 valence electrons. The van der Waals surface area contributed by atoms with E-state index in [1.54, 1.807) is 0 Å². The van der Waals surface area contributed by atoms with Crippen molar-refractivity contribution in [1.29, 1.82) is 0 Å². The van der Waals surface area contributed by atoms with Gasteiger partial charge in [-0.05, 0) is 55.2 Å². The number of benzene rings is 3. The maximum atomic E-state index is 4.84. The molecule has 0 radical (unpaired) electrons. The van der Waals surface area contributed by atoms with Crippen LogP contribution < -0.4 is 4.90 Å². The summed E-state index contributed by atoms with van der Waals surface area (Å²) in [5, 5.41) is 2.50. The van der Waals surface area contributed by atoms with Crippen LogP contribution in [0.15, 0.2) is 72.8 Å². The highest BCUT2D eigenvalue weighted by molar-refractivity contribution is 5.97. The van der Waals surface area contributed by atoms with E-state index in [1.165, 1.54) is 34.0 Å². The van der Waals surface area contributed by atoms with Crippen LogP contribution in [0.1, 0.15) is 31.4 Å². The van der Waals surface area contributed by atoms with Gasteiger partial charge in [-0.15, -0.1) is 0 Å². The molecule has 0 amide bonds. The van der Waals surface area contributed by atoms with Gasteiger partial charge in [0.25, 0.3) is 0 Å². The highest BCUT2D eigenvalue weighted by atomic mass is 15.1. The number of nitrogens with zero attached hydrogens (tertiary/aromatic N) is 2. The minimum absolute atomic E-state index is 0.920. The molecular formula is C25H26N2. The molecule has 27 heavy (non-hydrogen) atoms. The summed E-state index contributed by atoms with van der Waals surface area (Å²) in [4.78, 5) is 7.27. The van der Waals surface area contributed by atoms with E-state index in [0.29, 0.717) is 0 Å². The van der Waals surface area contributed by atoms with Gasteiger partial charge < -0.3 is 4.90 Å². The fraction of sp³-hybridized carbons (Fsp3) is 0.240. The third kappa shape index (κ3) is 3.52. The van der Waals surface area contributed by atoms with Gasteiger partial charge in [0.1, 0.15) is 0 Å². The van der Waals surface area contributed by atoms with Crippen molar-refractivity contribution in [2.75, 3.05) is 18.0 Å². The van der Waals surface area contributed by atoms with Gasteiger partial charge in [-0.2, -0.15) is 0 Å². The Morgan fingerprint density at radius 2 is 1.33 bits per heavy atom. The van der Waals surface area contributed by atoms with E-state index in [0.717, 1.165) is 30.5 Å². The average Bonchev–Trinajstić information content (AvgIpc) is 2.72. The molecule has 3 aromatic carbocycles. The van der Waals surface area contributed by atoms with Gasteiger partial charge in [0.15, 0.2) is 0 Å². The fourth-order valence-corrected chi connectivity index (χ4v) is 3.89. The lowest BCUT2D eigenvalue weighted by molar-refractivity contribution is 0.791. The second-order valence-corrected chi connectivity index (χ2v) is 7.05. The largest absolute Gasteiger partial charge is 0.372 e. The lowest BCUT2D eigenvalue weighted by Crippen LogP contribution is -2.23. The number of fused-ring (bicyclic) bond motifs is 2. The number of pyridine rings is 1. The Bertz CT molecular complexity index is 997. The smallest absolute Gasteiger partial charge is 0.0712 e. The molecule has 1 heterocycles. The van der Waals surface area contributed by atoms with Crippen LogP contribution in [0.25, 0.3) is 21.8 Å². The summed E-state index contributed by atoms with van der Waals surface area (Å²) < 4.78 is 0. The maximum absolute atomic E-state index is 4.84. The molecule has 0 aliphatic rings. The van der Waals surface area contributed by atoms with Gasteiger partial charge in [0, 0.05) is 29.5 Å². The van der Waals surface area contributed by atoms with Crippen molar-refractivity contribution in [3.8, 4) is 0 Å². The van der Waals surface area contributed by atoms with Crippen LogP contribution in [0, 0.1) is 0 Å². The van der Waals surface area contributed by atoms with Crippen molar-refractivity contribution in [3.63, 3.8) is 0 Å². The topological polar surface area (TPSA) is 16.1 Å². The Kier molecular flexibility index (Phi) is 5.06. The molecule has 0 fully saturated rings. The van der Waals surface area contributed by atoms with Crippen molar-refractivity contribution in [3.05, 3.63) is 83.9 Å². The zero-order valence-corrected chi connectivity index (χ0v) is 16.2. The highest BCUT2D eigenvalue weighted by Gasteiger charge is 2.10. The predicted octanol–water partition coefficient (Wildman–Crippen LogP) is 6.22. The van der Waals surface area contributed by atoms with E-state index in [2.05, 4.69) is 91.5 Å². The molecule has 0 saturated heterocycles. The first-order valence-electron chi connectivity index (χ1n) is 9.90. The van der Waals surface area contributed by atoms with Gasteiger partial charge in [0.05, 0.1) is 11.0 Å². The van der Waals surface area contributed by atoms with Crippen LogP contribution in [-0.2, 0) is 6.42 Å². The fourth-order valence-electron chi connectivity index (χ4n) is 3.89. The molecule has 0 atom stereocenters. The van der Waals surface area contributed by atoms with Crippen LogP contribution in [0.2, 0.25) is 0 Å². The zero-order valence-electron chi connectivity index (χ0n) is 16.2. The summed E-state index contributed by atoms with van der Waals surface area (Å²) >= 11 is 0. The van der Waals surface area contributed by atoms with Gasteiger partial charge in [-0.1, -0.05) is 55.5 Å². The first-order valence-corrected chi connectivity index (χ1v) is 9.90. The Hall–Kier alpha value is -2.87. The molecule has 0 N–H and O–H groups in total. The van der Waals surface area contributed by atoms with Crippen molar-refractivity contribution < 1.29 is 0 Å². The second kappa shape index (κ2) is 7.79. The number of rotatable bonds is 6. The number of anilines is 1. The number of hydrogen-bond donors (Lipinski definition) is 0. The molecule has 1 aromatic heterocycles. The summed E-state index contributed by atoms with van der Waals surface area (Å²) in [6.45, 7) is 6.61. The molecule has 0 bridgehead atoms. The van der Waals surface area contributed by atoms with Gasteiger partial charge in [-0.25, -0.2) is 4.98 Å². The van der Waals surface area contributed by atoms with Crippen LogP contribution >= 0.6 is 0 Å². The van der Waals surface area contributed by atoms with E-state index in [1.807, 2.05) is 0 Å². The van der Waals surface area contributed by atoms with E-state index >= 15 is 0 Å². The first kappa shape index (κ1) is 17.5. The van der Waals surface area contributed by atoms with E-state index in [4.69, 9.17) is 4.98 Å². The van der Waals surface area contributed by atoms with Crippen molar-refractivity contribution in [2.45, 2.75) is 26.7 Å². The number of para-hydroxylation sites is 2. The van der Waals surface area contributed by atoms with Gasteiger partial charge in [0.2, 0.25) is 0 Å². The molecule has 0 spiro atoms. The van der Waals surface area contributed by atoms with E-state index in [-0.39, 0.29) is 0 Å². The SMILES string of the molecule is CCCN(CC)c1ccc(Cc2c3ccccc3nc3ccccc23)cc1. The van der Waals surface area contributed by atoms with Gasteiger partial charge in [-0.3, -0.25) is 0 Å². The van der Waals surface area contributed by atoms with Crippen molar-refractivity contribution in [1.82, 2.24) is 4.98 Å². The molecule has 0 aliphatic heterocycles.